The summed E-state index contributed by atoms with van der Waals surface area (Å²) < 4.78 is 31.3. The topological polar surface area (TPSA) is 142 Å². The molecule has 254 valence electrons. The molecule has 1 atom stereocenters. The van der Waals surface area contributed by atoms with Crippen LogP contribution in [0.5, 0.6) is 0 Å². The van der Waals surface area contributed by atoms with Crippen LogP contribution in [0.2, 0.25) is 0 Å². The van der Waals surface area contributed by atoms with Gasteiger partial charge in [-0.05, 0) is 73.6 Å². The molecule has 3 amide bonds. The molecule has 0 unspecified atom stereocenters. The van der Waals surface area contributed by atoms with Gasteiger partial charge in [0, 0.05) is 31.9 Å². The molecule has 2 fully saturated rings. The Kier molecular flexibility index (Phi) is 8.61. The molecule has 1 saturated heterocycles. The predicted octanol–water partition coefficient (Wildman–Crippen LogP) is 5.40. The Bertz CT molecular complexity index is 2060. The number of pyridine rings is 1. The fourth-order valence-electron chi connectivity index (χ4n) is 6.38. The number of aryl methyl sites for hydroxylation is 1. The van der Waals surface area contributed by atoms with Crippen molar-refractivity contribution >= 4 is 55.8 Å². The maximum absolute atomic E-state index is 13.4. The van der Waals surface area contributed by atoms with Gasteiger partial charge in [-0.15, -0.1) is 0 Å². The van der Waals surface area contributed by atoms with E-state index in [-0.39, 0.29) is 48.0 Å². The van der Waals surface area contributed by atoms with E-state index in [1.54, 1.807) is 29.2 Å². The molecule has 4 aromatic rings. The number of rotatable bonds is 9. The van der Waals surface area contributed by atoms with Crippen LogP contribution in [0.15, 0.2) is 65.6 Å². The van der Waals surface area contributed by atoms with Gasteiger partial charge in [0.05, 0.1) is 21.0 Å². The van der Waals surface area contributed by atoms with Gasteiger partial charge in [-0.1, -0.05) is 47.7 Å². The van der Waals surface area contributed by atoms with Crippen molar-refractivity contribution in [3.63, 3.8) is 0 Å². The highest BCUT2D eigenvalue weighted by Crippen LogP contribution is 2.42. The number of amides is 3. The number of anilines is 3. The minimum atomic E-state index is -3.69. The molecule has 1 aliphatic carbocycles. The van der Waals surface area contributed by atoms with Crippen LogP contribution in [0.25, 0.3) is 10.4 Å². The largest absolute Gasteiger partial charge is 0.445 e. The normalized spacial score (nSPS) is 16.9. The second kappa shape index (κ2) is 12.9. The number of sulfone groups is 1. The van der Waals surface area contributed by atoms with E-state index in [2.05, 4.69) is 15.3 Å². The van der Waals surface area contributed by atoms with E-state index in [0.29, 0.717) is 52.6 Å². The highest BCUT2D eigenvalue weighted by molar-refractivity contribution is 7.90. The summed E-state index contributed by atoms with van der Waals surface area (Å²) in [4.78, 5) is 54.0. The van der Waals surface area contributed by atoms with Gasteiger partial charge in [-0.25, -0.2) is 23.2 Å². The number of ether oxygens (including phenoxy) is 1. The van der Waals surface area contributed by atoms with Gasteiger partial charge in [0.1, 0.15) is 24.8 Å². The summed E-state index contributed by atoms with van der Waals surface area (Å²) in [5, 5.41) is 3.77. The summed E-state index contributed by atoms with van der Waals surface area (Å²) in [6, 6.07) is 18.2. The van der Waals surface area contributed by atoms with Crippen LogP contribution in [0.3, 0.4) is 0 Å². The summed E-state index contributed by atoms with van der Waals surface area (Å²) in [5.74, 6) is 0.865. The zero-order valence-electron chi connectivity index (χ0n) is 27.4. The standard InChI is InChI=1S/C35H36N6O6S2/c1-21-32(25-16-26-18-41(22(2)24-12-13-24)33(43)31(26)27(17-25)49(3,45)46)48-34(36-21)38-28-10-7-11-29(37-28)40-15-14-39(19-30(40)42)35(44)47-20-23-8-5-4-6-9-23/h4-11,16-17,22,24H,12-15,18-20H2,1-3H3,(H,36,37,38)/t22-/m0/s1. The second-order valence-corrected chi connectivity index (χ2v) is 15.7. The van der Waals surface area contributed by atoms with Crippen molar-refractivity contribution in [2.45, 2.75) is 50.8 Å². The van der Waals surface area contributed by atoms with Crippen LogP contribution < -0.4 is 10.2 Å². The predicted molar refractivity (Wildman–Crippen MR) is 186 cm³/mol. The van der Waals surface area contributed by atoms with Crippen LogP contribution in [-0.4, -0.2) is 78.0 Å². The molecule has 49 heavy (non-hydrogen) atoms. The van der Waals surface area contributed by atoms with E-state index in [4.69, 9.17) is 4.74 Å². The molecule has 0 spiro atoms. The fraction of sp³-hybridized carbons (Fsp3) is 0.343. The highest BCUT2D eigenvalue weighted by Gasteiger charge is 2.41. The van der Waals surface area contributed by atoms with E-state index in [1.165, 1.54) is 21.1 Å². The molecular formula is C35H36N6O6S2. The Labute approximate surface area is 288 Å². The van der Waals surface area contributed by atoms with E-state index in [9.17, 15) is 22.8 Å². The van der Waals surface area contributed by atoms with Gasteiger partial charge >= 0.3 is 6.09 Å². The number of piperazine rings is 1. The molecular weight excluding hydrogens is 665 g/mol. The lowest BCUT2D eigenvalue weighted by Crippen LogP contribution is -2.52. The summed E-state index contributed by atoms with van der Waals surface area (Å²) in [6.07, 6.45) is 2.76. The van der Waals surface area contributed by atoms with Crippen LogP contribution in [0.4, 0.5) is 21.6 Å². The van der Waals surface area contributed by atoms with E-state index in [1.807, 2.05) is 50.2 Å². The van der Waals surface area contributed by atoms with Crippen molar-refractivity contribution in [2.75, 3.05) is 36.1 Å². The molecule has 0 radical (unpaired) electrons. The maximum Gasteiger partial charge on any atom is 0.410 e. The third kappa shape index (κ3) is 6.75. The number of thiazole rings is 1. The first kappa shape index (κ1) is 32.7. The Morgan fingerprint density at radius 1 is 1.04 bits per heavy atom. The molecule has 1 N–H and O–H groups in total. The van der Waals surface area contributed by atoms with Crippen molar-refractivity contribution in [1.29, 1.82) is 0 Å². The maximum atomic E-state index is 13.4. The Balaban J connectivity index is 1.06. The molecule has 12 nitrogen and oxygen atoms in total. The van der Waals surface area contributed by atoms with E-state index in [0.717, 1.165) is 29.5 Å². The Morgan fingerprint density at radius 3 is 2.53 bits per heavy atom. The highest BCUT2D eigenvalue weighted by atomic mass is 32.2. The first-order valence-corrected chi connectivity index (χ1v) is 18.8. The average molecular weight is 701 g/mol. The number of carbonyl (C=O) groups is 3. The minimum absolute atomic E-state index is 0.0430. The lowest BCUT2D eigenvalue weighted by molar-refractivity contribution is -0.121. The van der Waals surface area contributed by atoms with Crippen molar-refractivity contribution in [2.24, 2.45) is 5.92 Å². The lowest BCUT2D eigenvalue weighted by atomic mass is 10.0. The van der Waals surface area contributed by atoms with Gasteiger partial charge in [0.25, 0.3) is 5.91 Å². The molecule has 3 aliphatic rings. The number of hydrogen-bond donors (Lipinski definition) is 1. The molecule has 2 aliphatic heterocycles. The quantitative estimate of drug-likeness (QED) is 0.243. The SMILES string of the molecule is Cc1nc(Nc2cccc(N3CCN(C(=O)OCc4ccccc4)CC3=O)n2)sc1-c1cc2c(c(S(C)(=O)=O)c1)C(=O)N([C@@H](C)C1CC1)C2. The van der Waals surface area contributed by atoms with Crippen molar-refractivity contribution in [3.8, 4) is 10.4 Å². The molecule has 2 aromatic carbocycles. The third-order valence-corrected chi connectivity index (χ3v) is 11.4. The number of aromatic nitrogens is 2. The van der Waals surface area contributed by atoms with Gasteiger partial charge in [0.2, 0.25) is 5.91 Å². The molecule has 1 saturated carbocycles. The summed E-state index contributed by atoms with van der Waals surface area (Å²) in [7, 11) is -3.69. The Morgan fingerprint density at radius 2 is 1.82 bits per heavy atom. The number of benzene rings is 2. The minimum Gasteiger partial charge on any atom is -0.445 e. The zero-order chi connectivity index (χ0) is 34.4. The molecule has 0 bridgehead atoms. The third-order valence-electron chi connectivity index (χ3n) is 9.18. The van der Waals surface area contributed by atoms with Gasteiger partial charge in [-0.2, -0.15) is 0 Å². The smallest absolute Gasteiger partial charge is 0.410 e. The number of nitrogens with zero attached hydrogens (tertiary/aromatic N) is 5. The van der Waals surface area contributed by atoms with Crippen molar-refractivity contribution in [1.82, 2.24) is 19.8 Å². The first-order chi connectivity index (χ1) is 23.5. The van der Waals surface area contributed by atoms with Crippen molar-refractivity contribution < 1.29 is 27.5 Å². The van der Waals surface area contributed by atoms with Crippen molar-refractivity contribution in [3.05, 3.63) is 83.0 Å². The number of nitrogens with one attached hydrogen (secondary N) is 1. The molecule has 14 heteroatoms. The van der Waals surface area contributed by atoms with E-state index >= 15 is 0 Å². The van der Waals surface area contributed by atoms with E-state index < -0.39 is 15.9 Å². The number of carbonyl (C=O) groups excluding carboxylic acids is 3. The first-order valence-electron chi connectivity index (χ1n) is 16.1. The molecule has 2 aromatic heterocycles. The Hall–Kier alpha value is -4.82. The van der Waals surface area contributed by atoms with Crippen LogP contribution in [-0.2, 0) is 32.5 Å². The van der Waals surface area contributed by atoms with Gasteiger partial charge in [-0.3, -0.25) is 19.4 Å². The van der Waals surface area contributed by atoms with Crippen LogP contribution >= 0.6 is 11.3 Å². The number of hydrogen-bond acceptors (Lipinski definition) is 10. The van der Waals surface area contributed by atoms with Gasteiger partial charge in [0.15, 0.2) is 15.0 Å². The van der Waals surface area contributed by atoms with Gasteiger partial charge < -0.3 is 15.0 Å². The van der Waals surface area contributed by atoms with Crippen LogP contribution in [0.1, 0.15) is 46.9 Å². The average Bonchev–Trinajstić information content (AvgIpc) is 3.80. The summed E-state index contributed by atoms with van der Waals surface area (Å²) in [6.45, 7) is 4.83. The lowest BCUT2D eigenvalue weighted by Gasteiger charge is -2.33. The monoisotopic (exact) mass is 700 g/mol. The summed E-state index contributed by atoms with van der Waals surface area (Å²) >= 11 is 1.35. The fourth-order valence-corrected chi connectivity index (χ4v) is 8.27. The second-order valence-electron chi connectivity index (χ2n) is 12.7. The zero-order valence-corrected chi connectivity index (χ0v) is 29.0. The molecule has 4 heterocycles. The molecule has 7 rings (SSSR count). The summed E-state index contributed by atoms with van der Waals surface area (Å²) in [5.41, 5.74) is 3.23. The van der Waals surface area contributed by atoms with Crippen LogP contribution in [0, 0.1) is 12.8 Å². The number of fused-ring (bicyclic) bond motifs is 1.